The lowest BCUT2D eigenvalue weighted by Crippen LogP contribution is -2.18. The van der Waals surface area contributed by atoms with Crippen molar-refractivity contribution in [3.63, 3.8) is 0 Å². The van der Waals surface area contributed by atoms with Crippen molar-refractivity contribution in [1.82, 2.24) is 29.3 Å². The number of pyridine rings is 1. The number of nitrogens with zero attached hydrogens (tertiary/aromatic N) is 6. The van der Waals surface area contributed by atoms with Gasteiger partial charge in [-0.3, -0.25) is 0 Å². The van der Waals surface area contributed by atoms with Crippen LogP contribution in [-0.2, 0) is 13.2 Å². The van der Waals surface area contributed by atoms with Gasteiger partial charge in [-0.25, -0.2) is 24.0 Å². The molecule has 0 amide bonds. The Kier molecular flexibility index (Phi) is 5.73. The zero-order chi connectivity index (χ0) is 22.8. The second-order valence-corrected chi connectivity index (χ2v) is 8.10. The molecule has 1 aliphatic rings. The third-order valence-electron chi connectivity index (χ3n) is 5.91. The molecule has 1 aliphatic heterocycles. The van der Waals surface area contributed by atoms with Crippen LogP contribution in [0, 0.1) is 6.92 Å². The van der Waals surface area contributed by atoms with Crippen LogP contribution < -0.4 is 4.74 Å². The van der Waals surface area contributed by atoms with Crippen molar-refractivity contribution in [2.75, 3.05) is 7.11 Å². The van der Waals surface area contributed by atoms with Crippen molar-refractivity contribution in [3.8, 4) is 11.6 Å². The lowest BCUT2D eigenvalue weighted by molar-refractivity contribution is 0.395. The number of imidazole rings is 1. The first kappa shape index (κ1) is 21.1. The topological polar surface area (TPSA) is 70.7 Å². The minimum atomic E-state index is -0.476. The number of benzene rings is 1. The molecule has 0 N–H and O–H groups in total. The molecule has 0 fully saturated rings. The molecule has 33 heavy (non-hydrogen) atoms. The molecule has 0 saturated heterocycles. The summed E-state index contributed by atoms with van der Waals surface area (Å²) in [5.41, 5.74) is 4.20. The van der Waals surface area contributed by atoms with Crippen LogP contribution in [0.15, 0.2) is 48.9 Å². The van der Waals surface area contributed by atoms with Crippen LogP contribution in [0.4, 0.5) is 4.39 Å². The number of fused-ring (bicyclic) bond motifs is 1. The molecular formula is C25H25FN6O. The molecule has 3 aromatic heterocycles. The van der Waals surface area contributed by atoms with Gasteiger partial charge in [-0.1, -0.05) is 24.3 Å². The van der Waals surface area contributed by atoms with Crippen LogP contribution in [0.5, 0.6) is 5.88 Å². The van der Waals surface area contributed by atoms with E-state index in [0.29, 0.717) is 11.7 Å². The number of aryl methyl sites for hydroxylation is 2. The highest BCUT2D eigenvalue weighted by Gasteiger charge is 2.27. The highest BCUT2D eigenvalue weighted by Crippen LogP contribution is 2.34. The monoisotopic (exact) mass is 444 g/mol. The molecule has 0 unspecified atom stereocenters. The van der Waals surface area contributed by atoms with E-state index < -0.39 is 6.67 Å². The van der Waals surface area contributed by atoms with Gasteiger partial charge < -0.3 is 9.30 Å². The first-order valence-corrected chi connectivity index (χ1v) is 11.0. The molecule has 0 bridgehead atoms. The Morgan fingerprint density at radius 3 is 2.82 bits per heavy atom. The van der Waals surface area contributed by atoms with Crippen molar-refractivity contribution in [2.24, 2.45) is 0 Å². The Labute approximate surface area is 191 Å². The normalized spacial score (nSPS) is 15.7. The van der Waals surface area contributed by atoms with Gasteiger partial charge in [0.1, 0.15) is 18.2 Å². The molecule has 0 radical (unpaired) electrons. The molecule has 0 saturated carbocycles. The van der Waals surface area contributed by atoms with Crippen molar-refractivity contribution in [2.45, 2.75) is 38.9 Å². The fourth-order valence-electron chi connectivity index (χ4n) is 4.33. The molecule has 7 nitrogen and oxygen atoms in total. The van der Waals surface area contributed by atoms with Gasteiger partial charge in [0.05, 0.1) is 24.8 Å². The van der Waals surface area contributed by atoms with Gasteiger partial charge in [-0.15, -0.1) is 0 Å². The number of halogens is 1. The van der Waals surface area contributed by atoms with E-state index in [0.717, 1.165) is 53.4 Å². The number of rotatable bonds is 6. The van der Waals surface area contributed by atoms with Gasteiger partial charge in [-0.2, -0.15) is 5.10 Å². The van der Waals surface area contributed by atoms with Crippen LogP contribution in [0.25, 0.3) is 17.8 Å². The highest BCUT2D eigenvalue weighted by atomic mass is 19.1. The van der Waals surface area contributed by atoms with E-state index in [1.165, 1.54) is 0 Å². The van der Waals surface area contributed by atoms with Crippen LogP contribution in [0.1, 0.15) is 52.9 Å². The Morgan fingerprint density at radius 2 is 2.03 bits per heavy atom. The minimum absolute atomic E-state index is 0.0523. The van der Waals surface area contributed by atoms with E-state index in [2.05, 4.69) is 15.1 Å². The van der Waals surface area contributed by atoms with Crippen LogP contribution in [0.2, 0.25) is 0 Å². The zero-order valence-electron chi connectivity index (χ0n) is 18.6. The van der Waals surface area contributed by atoms with Gasteiger partial charge in [0, 0.05) is 18.7 Å². The van der Waals surface area contributed by atoms with Crippen LogP contribution in [-0.4, -0.2) is 36.4 Å². The summed E-state index contributed by atoms with van der Waals surface area (Å²) >= 11 is 0. The summed E-state index contributed by atoms with van der Waals surface area (Å²) in [4.78, 5) is 13.6. The fourth-order valence-corrected chi connectivity index (χ4v) is 4.33. The van der Waals surface area contributed by atoms with Crippen molar-refractivity contribution in [1.29, 1.82) is 0 Å². The molecule has 8 heteroatoms. The predicted molar refractivity (Wildman–Crippen MR) is 124 cm³/mol. The second kappa shape index (κ2) is 8.97. The van der Waals surface area contributed by atoms with Crippen molar-refractivity contribution < 1.29 is 9.13 Å². The molecule has 4 aromatic rings. The maximum atomic E-state index is 13.6. The second-order valence-electron chi connectivity index (χ2n) is 8.10. The molecule has 1 aromatic carbocycles. The molecule has 168 valence electrons. The van der Waals surface area contributed by atoms with Crippen molar-refractivity contribution in [3.05, 3.63) is 83.1 Å². The molecule has 4 heterocycles. The van der Waals surface area contributed by atoms with Crippen LogP contribution >= 0.6 is 0 Å². The first-order valence-electron chi connectivity index (χ1n) is 11.0. The smallest absolute Gasteiger partial charge is 0.238 e. The summed E-state index contributed by atoms with van der Waals surface area (Å²) in [6.45, 7) is 2.27. The Balaban J connectivity index is 1.42. The van der Waals surface area contributed by atoms with E-state index in [9.17, 15) is 4.39 Å². The zero-order valence-corrected chi connectivity index (χ0v) is 18.6. The minimum Gasteiger partial charge on any atom is -0.479 e. The lowest BCUT2D eigenvalue weighted by Gasteiger charge is -2.23. The van der Waals surface area contributed by atoms with E-state index in [-0.39, 0.29) is 5.92 Å². The Morgan fingerprint density at radius 1 is 1.15 bits per heavy atom. The largest absolute Gasteiger partial charge is 0.479 e. The third-order valence-corrected chi connectivity index (χ3v) is 5.91. The number of aromatic nitrogens is 6. The molecule has 0 spiro atoms. The number of hydrogen-bond donors (Lipinski definition) is 0. The number of alkyl halides is 1. The molecule has 0 aliphatic carbocycles. The number of ether oxygens (including phenoxy) is 1. The van der Waals surface area contributed by atoms with Gasteiger partial charge in [0.15, 0.2) is 5.82 Å². The predicted octanol–water partition coefficient (Wildman–Crippen LogP) is 4.74. The van der Waals surface area contributed by atoms with E-state index in [1.54, 1.807) is 13.4 Å². The summed E-state index contributed by atoms with van der Waals surface area (Å²) in [5, 5.41) is 4.66. The van der Waals surface area contributed by atoms with Crippen LogP contribution in [0.3, 0.4) is 0 Å². The highest BCUT2D eigenvalue weighted by molar-refractivity contribution is 5.65. The van der Waals surface area contributed by atoms with E-state index >= 15 is 0 Å². The lowest BCUT2D eigenvalue weighted by atomic mass is 9.88. The van der Waals surface area contributed by atoms with Gasteiger partial charge in [0.25, 0.3) is 0 Å². The van der Waals surface area contributed by atoms with Gasteiger partial charge in [0.2, 0.25) is 5.88 Å². The summed E-state index contributed by atoms with van der Waals surface area (Å²) in [6, 6.07) is 11.5. The maximum absolute atomic E-state index is 13.6. The average molecular weight is 445 g/mol. The molecule has 1 atom stereocenters. The summed E-state index contributed by atoms with van der Waals surface area (Å²) in [5.74, 6) is 2.06. The van der Waals surface area contributed by atoms with Crippen molar-refractivity contribution >= 4 is 12.2 Å². The summed E-state index contributed by atoms with van der Waals surface area (Å²) in [7, 11) is 1.60. The van der Waals surface area contributed by atoms with E-state index in [1.807, 2.05) is 70.9 Å². The Bertz CT molecular complexity index is 1310. The maximum Gasteiger partial charge on any atom is 0.238 e. The Hall–Kier alpha value is -3.81. The SMILES string of the molecule is COc1nc(C=Cc2nc3n(n2)CCC[C@@H]3c2ccccc2CF)ccc1-n1cnc(C)c1. The average Bonchev–Trinajstić information content (AvgIpc) is 3.48. The summed E-state index contributed by atoms with van der Waals surface area (Å²) in [6.07, 6.45) is 9.31. The van der Waals surface area contributed by atoms with Gasteiger partial charge in [-0.05, 0) is 55.2 Å². The first-order chi connectivity index (χ1) is 16.2. The third kappa shape index (κ3) is 4.16. The van der Waals surface area contributed by atoms with Gasteiger partial charge >= 0.3 is 0 Å². The molecular weight excluding hydrogens is 419 g/mol. The quantitative estimate of drug-likeness (QED) is 0.430. The standard InChI is InChI=1S/C25H25FN6O/c1-17-15-31(16-27-17)22-11-9-19(28-25(22)33-2)10-12-23-29-24-21(8-5-13-32(24)30-23)20-7-4-3-6-18(20)14-26/h3-4,6-7,9-12,15-16,21H,5,8,13-14H2,1-2H3/t21-/m1/s1. The number of methoxy groups -OCH3 is 1. The summed E-state index contributed by atoms with van der Waals surface area (Å²) < 4.78 is 22.9. The fraction of sp³-hybridized carbons (Fsp3) is 0.280. The van der Waals surface area contributed by atoms with E-state index in [4.69, 9.17) is 9.72 Å². The number of hydrogen-bond acceptors (Lipinski definition) is 5. The molecule has 5 rings (SSSR count).